The van der Waals surface area contributed by atoms with Crippen molar-refractivity contribution in [3.8, 4) is 0 Å². The molecule has 1 rings (SSSR count). The monoisotopic (exact) mass is 214 g/mol. The van der Waals surface area contributed by atoms with Gasteiger partial charge in [0.2, 0.25) is 0 Å². The third-order valence-corrected chi connectivity index (χ3v) is 2.42. The molecule has 0 spiro atoms. The third kappa shape index (κ3) is 1.52. The van der Waals surface area contributed by atoms with Crippen molar-refractivity contribution >= 4 is 23.0 Å². The Hall–Kier alpha value is 0.0382. The number of benzene rings is 1. The summed E-state index contributed by atoms with van der Waals surface area (Å²) in [4.78, 5) is 0. The Morgan fingerprint density at radius 2 is 1.75 bits per heavy atom. The number of hydrogen-bond donors (Lipinski definition) is 0. The van der Waals surface area contributed by atoms with Crippen LogP contribution in [0.4, 0.5) is 0 Å². The van der Waals surface area contributed by atoms with Crippen molar-refractivity contribution in [2.45, 2.75) is 4.37 Å². The molecule has 1 heteroatoms. The van der Waals surface area contributed by atoms with Crippen LogP contribution in [0.2, 0.25) is 0 Å². The van der Waals surface area contributed by atoms with Gasteiger partial charge < -0.3 is 0 Å². The van der Waals surface area contributed by atoms with Crippen LogP contribution in [0, 0.1) is 0 Å². The van der Waals surface area contributed by atoms with Gasteiger partial charge in [-0.05, 0) is 0 Å². The van der Waals surface area contributed by atoms with Gasteiger partial charge in [0.1, 0.15) is 0 Å². The zero-order valence-corrected chi connectivity index (χ0v) is 7.97. The van der Waals surface area contributed by atoms with Crippen LogP contribution in [-0.2, 0) is 4.37 Å². The van der Waals surface area contributed by atoms with E-state index in [4.69, 9.17) is 0 Å². The van der Waals surface area contributed by atoms with Crippen molar-refractivity contribution in [1.29, 1.82) is 0 Å². The van der Waals surface area contributed by atoms with Gasteiger partial charge >= 0.3 is 63.3 Å². The van der Waals surface area contributed by atoms with E-state index in [1.54, 1.807) is 0 Å². The van der Waals surface area contributed by atoms with Gasteiger partial charge in [0, 0.05) is 0 Å². The molecule has 1 aromatic rings. The first-order valence-corrected chi connectivity index (χ1v) is 5.00. The average molecular weight is 215 g/mol. The first-order chi connectivity index (χ1) is 3.93. The molecule has 0 atom stereocenters. The maximum atomic E-state index is 2.17. The van der Waals surface area contributed by atoms with Gasteiger partial charge in [-0.1, -0.05) is 0 Å². The summed E-state index contributed by atoms with van der Waals surface area (Å²) in [6.45, 7) is 0. The van der Waals surface area contributed by atoms with Gasteiger partial charge in [0.15, 0.2) is 0 Å². The van der Waals surface area contributed by atoms with E-state index in [0.29, 0.717) is 0 Å². The van der Waals surface area contributed by atoms with E-state index in [1.165, 1.54) is 33.0 Å². The van der Waals surface area contributed by atoms with Gasteiger partial charge in [-0.25, -0.2) is 0 Å². The fraction of sp³-hybridized carbons (Fsp3) is 0.143. The molecule has 0 amide bonds. The van der Waals surface area contributed by atoms with Crippen LogP contribution < -0.4 is 0 Å². The van der Waals surface area contributed by atoms with Crippen LogP contribution in [0.1, 0.15) is 5.56 Å². The molecule has 0 radical (unpaired) electrons. The SMILES string of the molecule is [SbH2][CH2]c1ccccc1. The van der Waals surface area contributed by atoms with E-state index in [1.807, 2.05) is 0 Å². The van der Waals surface area contributed by atoms with Crippen LogP contribution in [0.25, 0.3) is 0 Å². The number of rotatable bonds is 1. The molecule has 0 aliphatic heterocycles. The summed E-state index contributed by atoms with van der Waals surface area (Å²) in [6, 6.07) is 10.6. The molecule has 0 aliphatic carbocycles. The molecule has 0 N–H and O–H groups in total. The molecule has 0 saturated carbocycles. The van der Waals surface area contributed by atoms with Gasteiger partial charge in [0.25, 0.3) is 0 Å². The fourth-order valence-electron chi connectivity index (χ4n) is 0.614. The summed E-state index contributed by atoms with van der Waals surface area (Å²) < 4.78 is 1.27. The Morgan fingerprint density at radius 1 is 1.12 bits per heavy atom. The van der Waals surface area contributed by atoms with Crippen LogP contribution in [-0.4, -0.2) is 23.0 Å². The van der Waals surface area contributed by atoms with Crippen LogP contribution in [0.3, 0.4) is 0 Å². The quantitative estimate of drug-likeness (QED) is 0.608. The molecule has 0 saturated heterocycles. The van der Waals surface area contributed by atoms with Crippen LogP contribution >= 0.6 is 0 Å². The van der Waals surface area contributed by atoms with Gasteiger partial charge in [-0.15, -0.1) is 0 Å². The minimum absolute atomic E-state index is 1.27. The van der Waals surface area contributed by atoms with Gasteiger partial charge in [0.05, 0.1) is 0 Å². The Balaban J connectivity index is 2.83. The Kier molecular flexibility index (Phi) is 2.42. The van der Waals surface area contributed by atoms with Crippen molar-refractivity contribution in [3.63, 3.8) is 0 Å². The third-order valence-electron chi connectivity index (χ3n) is 1.08. The van der Waals surface area contributed by atoms with Gasteiger partial charge in [-0.3, -0.25) is 0 Å². The predicted octanol–water partition coefficient (Wildman–Crippen LogP) is 0.820. The zero-order valence-electron chi connectivity index (χ0n) is 4.67. The van der Waals surface area contributed by atoms with Crippen molar-refractivity contribution in [2.24, 2.45) is 0 Å². The van der Waals surface area contributed by atoms with E-state index in [0.717, 1.165) is 0 Å². The second kappa shape index (κ2) is 3.14. The van der Waals surface area contributed by atoms with Crippen molar-refractivity contribution in [3.05, 3.63) is 35.9 Å². The summed E-state index contributed by atoms with van der Waals surface area (Å²) in [5, 5.41) is 0. The van der Waals surface area contributed by atoms with Crippen molar-refractivity contribution in [1.82, 2.24) is 0 Å². The molecule has 8 heavy (non-hydrogen) atoms. The Bertz CT molecular complexity index is 146. The molecule has 0 aromatic heterocycles. The maximum absolute atomic E-state index is 2.17. The topological polar surface area (TPSA) is 0 Å². The van der Waals surface area contributed by atoms with E-state index in [2.05, 4.69) is 30.3 Å². The molecule has 0 heterocycles. The molecule has 0 fully saturated rings. The summed E-state index contributed by atoms with van der Waals surface area (Å²) >= 11 is 1.33. The van der Waals surface area contributed by atoms with E-state index < -0.39 is 0 Å². The average Bonchev–Trinajstić information content (AvgIpc) is 1.90. The van der Waals surface area contributed by atoms with Crippen LogP contribution in [0.5, 0.6) is 0 Å². The molecule has 1 aromatic carbocycles. The summed E-state index contributed by atoms with van der Waals surface area (Å²) in [5.74, 6) is 0. The minimum atomic E-state index is 1.27. The number of hydrogen-bond acceptors (Lipinski definition) is 0. The molecular weight excluding hydrogens is 206 g/mol. The van der Waals surface area contributed by atoms with Crippen molar-refractivity contribution in [2.75, 3.05) is 0 Å². The van der Waals surface area contributed by atoms with Crippen molar-refractivity contribution < 1.29 is 0 Å². The molecule has 0 nitrogen and oxygen atoms in total. The normalized spacial score (nSPS) is 9.12. The first-order valence-electron chi connectivity index (χ1n) is 2.67. The summed E-state index contributed by atoms with van der Waals surface area (Å²) in [6.07, 6.45) is 0. The second-order valence-corrected chi connectivity index (χ2v) is 2.85. The van der Waals surface area contributed by atoms with E-state index in [9.17, 15) is 0 Å². The molecule has 0 aliphatic rings. The predicted molar refractivity (Wildman–Crippen MR) is 38.7 cm³/mol. The van der Waals surface area contributed by atoms with Crippen LogP contribution in [0.15, 0.2) is 30.3 Å². The van der Waals surface area contributed by atoms with E-state index >= 15 is 0 Å². The van der Waals surface area contributed by atoms with E-state index in [-0.39, 0.29) is 0 Å². The van der Waals surface area contributed by atoms with Gasteiger partial charge in [-0.2, -0.15) is 0 Å². The summed E-state index contributed by atoms with van der Waals surface area (Å²) in [5.41, 5.74) is 1.47. The standard InChI is InChI=1S/C7H7.Sb.2H/c1-7-5-3-2-4-6-7;;;/h2-6H,1H2;;;. The second-order valence-electron chi connectivity index (χ2n) is 1.69. The molecule has 0 bridgehead atoms. The molecular formula is C7H9Sb. The fourth-order valence-corrected chi connectivity index (χ4v) is 1.39. The molecule has 42 valence electrons. The Morgan fingerprint density at radius 3 is 2.12 bits per heavy atom. The zero-order chi connectivity index (χ0) is 5.82. The molecule has 0 unspecified atom stereocenters. The first kappa shape index (κ1) is 6.16. The Labute approximate surface area is 63.4 Å². The summed E-state index contributed by atoms with van der Waals surface area (Å²) in [7, 11) is 0.